The fraction of sp³-hybridized carbons (Fsp3) is 0. The van der Waals surface area contributed by atoms with Crippen molar-refractivity contribution in [1.29, 1.82) is 0 Å². The second kappa shape index (κ2) is 4.08. The van der Waals surface area contributed by atoms with Gasteiger partial charge >= 0.3 is 0 Å². The number of aldehydes is 2. The summed E-state index contributed by atoms with van der Waals surface area (Å²) in [6, 6.07) is 15.5. The van der Waals surface area contributed by atoms with Crippen molar-refractivity contribution >= 4 is 34.1 Å². The van der Waals surface area contributed by atoms with Crippen molar-refractivity contribution in [2.75, 3.05) is 0 Å². The summed E-state index contributed by atoms with van der Waals surface area (Å²) in [5, 5.41) is 3.99. The second-order valence-electron chi connectivity index (χ2n) is 4.22. The fourth-order valence-electron chi connectivity index (χ4n) is 2.29. The Morgan fingerprint density at radius 2 is 1.44 bits per heavy atom. The van der Waals surface area contributed by atoms with E-state index in [0.717, 1.165) is 34.1 Å². The van der Waals surface area contributed by atoms with Gasteiger partial charge in [0.2, 0.25) is 0 Å². The van der Waals surface area contributed by atoms with E-state index in [1.165, 1.54) is 0 Å². The zero-order valence-corrected chi connectivity index (χ0v) is 9.59. The molecule has 0 spiro atoms. The monoisotopic (exact) mass is 234 g/mol. The van der Waals surface area contributed by atoms with Crippen LogP contribution in [0.25, 0.3) is 21.5 Å². The molecule has 3 aromatic carbocycles. The number of fused-ring (bicyclic) bond motifs is 2. The predicted octanol–water partition coefficient (Wildman–Crippen LogP) is 3.62. The molecule has 0 atom stereocenters. The van der Waals surface area contributed by atoms with Crippen LogP contribution in [-0.2, 0) is 0 Å². The zero-order chi connectivity index (χ0) is 12.5. The zero-order valence-electron chi connectivity index (χ0n) is 9.59. The Hall–Kier alpha value is -2.48. The van der Waals surface area contributed by atoms with Gasteiger partial charge in [-0.2, -0.15) is 0 Å². The molecule has 3 aromatic rings. The standard InChI is InChI=1S/C16H10O2/c17-9-14-6-5-13-7-11-3-1-2-4-12(11)8-15(13)16(14)10-18/h1-10H. The highest BCUT2D eigenvalue weighted by atomic mass is 16.1. The molecule has 0 radical (unpaired) electrons. The van der Waals surface area contributed by atoms with Crippen molar-refractivity contribution < 1.29 is 9.59 Å². The van der Waals surface area contributed by atoms with Crippen molar-refractivity contribution in [3.05, 3.63) is 59.7 Å². The minimum atomic E-state index is 0.438. The normalized spacial score (nSPS) is 10.7. The second-order valence-corrected chi connectivity index (χ2v) is 4.22. The molecule has 0 aliphatic heterocycles. The van der Waals surface area contributed by atoms with Crippen molar-refractivity contribution in [3.63, 3.8) is 0 Å². The molecular weight excluding hydrogens is 224 g/mol. The third kappa shape index (κ3) is 1.51. The lowest BCUT2D eigenvalue weighted by atomic mass is 9.97. The highest BCUT2D eigenvalue weighted by Gasteiger charge is 2.07. The van der Waals surface area contributed by atoms with E-state index in [4.69, 9.17) is 0 Å². The molecule has 18 heavy (non-hydrogen) atoms. The fourth-order valence-corrected chi connectivity index (χ4v) is 2.29. The average Bonchev–Trinajstić information content (AvgIpc) is 2.43. The van der Waals surface area contributed by atoms with Gasteiger partial charge in [-0.25, -0.2) is 0 Å². The maximum absolute atomic E-state index is 11.2. The molecule has 0 heterocycles. The summed E-state index contributed by atoms with van der Waals surface area (Å²) in [4.78, 5) is 22.1. The van der Waals surface area contributed by atoms with Crippen LogP contribution in [0.2, 0.25) is 0 Å². The Balaban J connectivity index is 2.50. The number of hydrogen-bond donors (Lipinski definition) is 0. The molecule has 0 saturated heterocycles. The minimum absolute atomic E-state index is 0.438. The molecule has 0 saturated carbocycles. The number of hydrogen-bond acceptors (Lipinski definition) is 2. The maximum atomic E-state index is 11.2. The Kier molecular flexibility index (Phi) is 2.41. The van der Waals surface area contributed by atoms with Crippen LogP contribution < -0.4 is 0 Å². The van der Waals surface area contributed by atoms with Gasteiger partial charge in [0.1, 0.15) is 0 Å². The summed E-state index contributed by atoms with van der Waals surface area (Å²) in [6.45, 7) is 0. The van der Waals surface area contributed by atoms with Crippen LogP contribution in [-0.4, -0.2) is 12.6 Å². The van der Waals surface area contributed by atoms with Crippen LogP contribution in [0.1, 0.15) is 20.7 Å². The Morgan fingerprint density at radius 3 is 2.11 bits per heavy atom. The highest BCUT2D eigenvalue weighted by Crippen LogP contribution is 2.26. The summed E-state index contributed by atoms with van der Waals surface area (Å²) >= 11 is 0. The molecule has 3 rings (SSSR count). The molecule has 0 aliphatic rings. The molecule has 0 aliphatic carbocycles. The lowest BCUT2D eigenvalue weighted by molar-refractivity contribution is 0.109. The maximum Gasteiger partial charge on any atom is 0.151 e. The minimum Gasteiger partial charge on any atom is -0.298 e. The van der Waals surface area contributed by atoms with E-state index in [-0.39, 0.29) is 0 Å². The van der Waals surface area contributed by atoms with Crippen molar-refractivity contribution in [1.82, 2.24) is 0 Å². The third-order valence-corrected chi connectivity index (χ3v) is 3.21. The van der Waals surface area contributed by atoms with Crippen molar-refractivity contribution in [2.24, 2.45) is 0 Å². The van der Waals surface area contributed by atoms with Gasteiger partial charge in [0, 0.05) is 11.1 Å². The third-order valence-electron chi connectivity index (χ3n) is 3.21. The van der Waals surface area contributed by atoms with Gasteiger partial charge in [0.25, 0.3) is 0 Å². The first-order valence-corrected chi connectivity index (χ1v) is 5.69. The van der Waals surface area contributed by atoms with Gasteiger partial charge in [0.05, 0.1) is 0 Å². The van der Waals surface area contributed by atoms with Crippen LogP contribution in [0.5, 0.6) is 0 Å². The van der Waals surface area contributed by atoms with E-state index in [1.54, 1.807) is 6.07 Å². The first kappa shape index (κ1) is 10.7. The first-order valence-electron chi connectivity index (χ1n) is 5.69. The Labute approximate surface area is 104 Å². The molecular formula is C16H10O2. The van der Waals surface area contributed by atoms with Crippen LogP contribution in [0.3, 0.4) is 0 Å². The van der Waals surface area contributed by atoms with E-state index in [0.29, 0.717) is 11.1 Å². The van der Waals surface area contributed by atoms with Gasteiger partial charge in [-0.1, -0.05) is 36.4 Å². The quantitative estimate of drug-likeness (QED) is 0.501. The van der Waals surface area contributed by atoms with Gasteiger partial charge in [-0.05, 0) is 33.7 Å². The lowest BCUT2D eigenvalue weighted by Gasteiger charge is -2.06. The van der Waals surface area contributed by atoms with Crippen molar-refractivity contribution in [2.45, 2.75) is 0 Å². The predicted molar refractivity (Wildman–Crippen MR) is 72.2 cm³/mol. The summed E-state index contributed by atoms with van der Waals surface area (Å²) in [6.07, 6.45) is 1.47. The highest BCUT2D eigenvalue weighted by molar-refractivity contribution is 6.09. The SMILES string of the molecule is O=Cc1ccc2cc3ccccc3cc2c1C=O. The summed E-state index contributed by atoms with van der Waals surface area (Å²) in [5.41, 5.74) is 0.904. The Morgan fingerprint density at radius 1 is 0.722 bits per heavy atom. The number of rotatable bonds is 2. The number of carbonyl (C=O) groups excluding carboxylic acids is 2. The molecule has 0 bridgehead atoms. The molecule has 0 amide bonds. The van der Waals surface area contributed by atoms with Gasteiger partial charge in [-0.15, -0.1) is 0 Å². The van der Waals surface area contributed by atoms with E-state index >= 15 is 0 Å². The number of benzene rings is 3. The Bertz CT molecular complexity index is 772. The molecule has 0 N–H and O–H groups in total. The van der Waals surface area contributed by atoms with Crippen molar-refractivity contribution in [3.8, 4) is 0 Å². The summed E-state index contributed by atoms with van der Waals surface area (Å²) in [5.74, 6) is 0. The van der Waals surface area contributed by atoms with Gasteiger partial charge in [-0.3, -0.25) is 9.59 Å². The van der Waals surface area contributed by atoms with E-state index < -0.39 is 0 Å². The molecule has 86 valence electrons. The van der Waals surface area contributed by atoms with E-state index in [9.17, 15) is 9.59 Å². The summed E-state index contributed by atoms with van der Waals surface area (Å²) in [7, 11) is 0. The van der Waals surface area contributed by atoms with E-state index in [1.807, 2.05) is 42.5 Å². The van der Waals surface area contributed by atoms with Crippen LogP contribution in [0.15, 0.2) is 48.5 Å². The average molecular weight is 234 g/mol. The topological polar surface area (TPSA) is 34.1 Å². The van der Waals surface area contributed by atoms with Crippen LogP contribution in [0.4, 0.5) is 0 Å². The smallest absolute Gasteiger partial charge is 0.151 e. The lowest BCUT2D eigenvalue weighted by Crippen LogP contribution is -1.92. The van der Waals surface area contributed by atoms with Crippen LogP contribution in [0, 0.1) is 0 Å². The molecule has 0 unspecified atom stereocenters. The number of carbonyl (C=O) groups is 2. The molecule has 0 fully saturated rings. The first-order chi connectivity index (χ1) is 8.83. The largest absolute Gasteiger partial charge is 0.298 e. The van der Waals surface area contributed by atoms with Gasteiger partial charge < -0.3 is 0 Å². The molecule has 0 aromatic heterocycles. The molecule has 2 heteroatoms. The van der Waals surface area contributed by atoms with E-state index in [2.05, 4.69) is 0 Å². The summed E-state index contributed by atoms with van der Waals surface area (Å²) < 4.78 is 0. The van der Waals surface area contributed by atoms with Gasteiger partial charge in [0.15, 0.2) is 12.6 Å². The molecule has 2 nitrogen and oxygen atoms in total. The van der Waals surface area contributed by atoms with Crippen LogP contribution >= 0.6 is 0 Å².